The molecule has 0 saturated heterocycles. The van der Waals surface area contributed by atoms with Crippen molar-refractivity contribution in [1.82, 2.24) is 5.43 Å². The van der Waals surface area contributed by atoms with Crippen LogP contribution in [0.2, 0.25) is 0 Å². The minimum atomic E-state index is -0.537. The van der Waals surface area contributed by atoms with E-state index in [-0.39, 0.29) is 6.42 Å². The lowest BCUT2D eigenvalue weighted by atomic mass is 10.2. The molecular formula is C20H22BrN3O5. The first kappa shape index (κ1) is 22.2. The second-order valence-corrected chi connectivity index (χ2v) is 6.57. The highest BCUT2D eigenvalue weighted by Crippen LogP contribution is 2.36. The molecule has 0 bridgehead atoms. The maximum atomic E-state index is 12.0. The van der Waals surface area contributed by atoms with Crippen LogP contribution >= 0.6 is 15.9 Å². The summed E-state index contributed by atoms with van der Waals surface area (Å²) in [4.78, 5) is 23.9. The largest absolute Gasteiger partial charge is 0.497 e. The van der Waals surface area contributed by atoms with Crippen molar-refractivity contribution in [3.05, 3.63) is 46.4 Å². The molecule has 0 heterocycles. The molecule has 2 amide bonds. The van der Waals surface area contributed by atoms with Crippen LogP contribution in [0.3, 0.4) is 0 Å². The Hall–Kier alpha value is -3.07. The molecule has 0 fully saturated rings. The van der Waals surface area contributed by atoms with Crippen LogP contribution in [0.5, 0.6) is 17.2 Å². The van der Waals surface area contributed by atoms with Gasteiger partial charge in [-0.25, -0.2) is 5.43 Å². The third-order valence-corrected chi connectivity index (χ3v) is 4.22. The van der Waals surface area contributed by atoms with Gasteiger partial charge in [0.05, 0.1) is 31.5 Å². The van der Waals surface area contributed by atoms with E-state index in [2.05, 4.69) is 31.8 Å². The zero-order valence-electron chi connectivity index (χ0n) is 16.3. The summed E-state index contributed by atoms with van der Waals surface area (Å²) in [7, 11) is 3.11. The lowest BCUT2D eigenvalue weighted by Crippen LogP contribution is -2.24. The van der Waals surface area contributed by atoms with Crippen molar-refractivity contribution < 1.29 is 23.8 Å². The lowest BCUT2D eigenvalue weighted by Gasteiger charge is -2.11. The normalized spacial score (nSPS) is 10.5. The second-order valence-electron chi connectivity index (χ2n) is 5.71. The standard InChI is InChI=1S/C20H22BrN3O5/c1-4-29-17-10-13(9-16(21)20(17)28-3)12-22-24-19(26)11-18(25)23-14-5-7-15(27-2)8-6-14/h5-10,12H,4,11H2,1-3H3,(H,23,25)(H,24,26). The Morgan fingerprint density at radius 3 is 2.45 bits per heavy atom. The molecule has 2 aromatic rings. The smallest absolute Gasteiger partial charge is 0.249 e. The van der Waals surface area contributed by atoms with Crippen molar-refractivity contribution in [2.24, 2.45) is 5.10 Å². The predicted molar refractivity (Wildman–Crippen MR) is 114 cm³/mol. The van der Waals surface area contributed by atoms with Gasteiger partial charge in [-0.15, -0.1) is 0 Å². The molecule has 0 aliphatic heterocycles. The van der Waals surface area contributed by atoms with Gasteiger partial charge in [0.2, 0.25) is 11.8 Å². The maximum Gasteiger partial charge on any atom is 0.249 e. The number of hydrogen-bond acceptors (Lipinski definition) is 6. The van der Waals surface area contributed by atoms with Gasteiger partial charge in [0.1, 0.15) is 12.2 Å². The highest BCUT2D eigenvalue weighted by molar-refractivity contribution is 9.10. The second kappa shape index (κ2) is 11.1. The number of halogens is 1. The Bertz CT molecular complexity index is 884. The summed E-state index contributed by atoms with van der Waals surface area (Å²) >= 11 is 3.41. The van der Waals surface area contributed by atoms with Crippen molar-refractivity contribution in [3.63, 3.8) is 0 Å². The minimum Gasteiger partial charge on any atom is -0.497 e. The van der Waals surface area contributed by atoms with Gasteiger partial charge < -0.3 is 19.5 Å². The van der Waals surface area contributed by atoms with E-state index in [9.17, 15) is 9.59 Å². The topological polar surface area (TPSA) is 98.2 Å². The zero-order valence-corrected chi connectivity index (χ0v) is 17.9. The molecule has 0 aliphatic rings. The highest BCUT2D eigenvalue weighted by atomic mass is 79.9. The van der Waals surface area contributed by atoms with E-state index in [1.807, 2.05) is 6.92 Å². The Morgan fingerprint density at radius 2 is 1.83 bits per heavy atom. The average Bonchev–Trinajstić information content (AvgIpc) is 2.68. The first-order valence-electron chi connectivity index (χ1n) is 8.73. The molecular weight excluding hydrogens is 442 g/mol. The summed E-state index contributed by atoms with van der Waals surface area (Å²) in [5.74, 6) is 0.811. The van der Waals surface area contributed by atoms with Gasteiger partial charge in [0.25, 0.3) is 0 Å². The Kier molecular flexibility index (Phi) is 8.47. The van der Waals surface area contributed by atoms with Gasteiger partial charge in [-0.1, -0.05) is 0 Å². The third kappa shape index (κ3) is 6.79. The van der Waals surface area contributed by atoms with Crippen LogP contribution in [0.25, 0.3) is 0 Å². The fourth-order valence-electron chi connectivity index (χ4n) is 2.37. The van der Waals surface area contributed by atoms with Gasteiger partial charge in [-0.3, -0.25) is 9.59 Å². The van der Waals surface area contributed by atoms with Crippen LogP contribution in [0.4, 0.5) is 5.69 Å². The SMILES string of the molecule is CCOc1cc(C=NNC(=O)CC(=O)Nc2ccc(OC)cc2)cc(Br)c1OC. The number of ether oxygens (including phenoxy) is 3. The van der Waals surface area contributed by atoms with Crippen LogP contribution < -0.4 is 25.0 Å². The van der Waals surface area contributed by atoms with Gasteiger partial charge in [0, 0.05) is 5.69 Å². The summed E-state index contributed by atoms with van der Waals surface area (Å²) in [6, 6.07) is 10.3. The van der Waals surface area contributed by atoms with Gasteiger partial charge in [-0.2, -0.15) is 5.10 Å². The number of anilines is 1. The number of carbonyl (C=O) groups is 2. The number of carbonyl (C=O) groups excluding carboxylic acids is 2. The van der Waals surface area contributed by atoms with Crippen molar-refractivity contribution in [3.8, 4) is 17.2 Å². The van der Waals surface area contributed by atoms with E-state index in [0.717, 1.165) is 0 Å². The molecule has 2 N–H and O–H groups in total. The summed E-state index contributed by atoms with van der Waals surface area (Å²) in [6.07, 6.45) is 1.09. The van der Waals surface area contributed by atoms with Gasteiger partial charge >= 0.3 is 0 Å². The first-order chi connectivity index (χ1) is 14.0. The molecule has 9 heteroatoms. The number of nitrogens with zero attached hydrogens (tertiary/aromatic N) is 1. The van der Waals surface area contributed by atoms with E-state index < -0.39 is 11.8 Å². The molecule has 0 aliphatic carbocycles. The number of amides is 2. The van der Waals surface area contributed by atoms with E-state index in [0.29, 0.717) is 39.6 Å². The van der Waals surface area contributed by atoms with Crippen molar-refractivity contribution in [1.29, 1.82) is 0 Å². The molecule has 2 rings (SSSR count). The van der Waals surface area contributed by atoms with Crippen molar-refractivity contribution in [2.45, 2.75) is 13.3 Å². The quantitative estimate of drug-likeness (QED) is 0.337. The Morgan fingerprint density at radius 1 is 1.10 bits per heavy atom. The molecule has 0 spiro atoms. The number of benzene rings is 2. The average molecular weight is 464 g/mol. The van der Waals surface area contributed by atoms with E-state index in [1.165, 1.54) is 6.21 Å². The summed E-state index contributed by atoms with van der Waals surface area (Å²) in [6.45, 7) is 2.34. The maximum absolute atomic E-state index is 12.0. The number of rotatable bonds is 9. The van der Waals surface area contributed by atoms with E-state index in [1.54, 1.807) is 50.6 Å². The zero-order chi connectivity index (χ0) is 21.2. The van der Waals surface area contributed by atoms with Crippen molar-refractivity contribution >= 4 is 39.6 Å². The molecule has 29 heavy (non-hydrogen) atoms. The monoisotopic (exact) mass is 463 g/mol. The molecule has 154 valence electrons. The molecule has 0 radical (unpaired) electrons. The van der Waals surface area contributed by atoms with Gasteiger partial charge in [0.15, 0.2) is 11.5 Å². The number of hydrazone groups is 1. The fraction of sp³-hybridized carbons (Fsp3) is 0.250. The molecule has 0 atom stereocenters. The minimum absolute atomic E-state index is 0.361. The molecule has 0 saturated carbocycles. The van der Waals surface area contributed by atoms with Crippen LogP contribution in [0, 0.1) is 0 Å². The summed E-state index contributed by atoms with van der Waals surface area (Å²) in [5, 5.41) is 6.51. The van der Waals surface area contributed by atoms with E-state index >= 15 is 0 Å². The van der Waals surface area contributed by atoms with Crippen LogP contribution in [-0.2, 0) is 9.59 Å². The van der Waals surface area contributed by atoms with Gasteiger partial charge in [-0.05, 0) is 64.8 Å². The molecule has 2 aromatic carbocycles. The number of methoxy groups -OCH3 is 2. The summed E-state index contributed by atoms with van der Waals surface area (Å²) in [5.41, 5.74) is 3.58. The van der Waals surface area contributed by atoms with E-state index in [4.69, 9.17) is 14.2 Å². The molecule has 0 aromatic heterocycles. The van der Waals surface area contributed by atoms with Crippen molar-refractivity contribution in [2.75, 3.05) is 26.1 Å². The van der Waals surface area contributed by atoms with Crippen LogP contribution in [-0.4, -0.2) is 38.9 Å². The first-order valence-corrected chi connectivity index (χ1v) is 9.52. The Balaban J connectivity index is 1.90. The summed E-state index contributed by atoms with van der Waals surface area (Å²) < 4.78 is 16.6. The Labute approximate surface area is 177 Å². The third-order valence-electron chi connectivity index (χ3n) is 3.63. The van der Waals surface area contributed by atoms with Crippen LogP contribution in [0.15, 0.2) is 46.0 Å². The number of nitrogens with one attached hydrogen (secondary N) is 2. The fourth-order valence-corrected chi connectivity index (χ4v) is 2.99. The number of hydrogen-bond donors (Lipinski definition) is 2. The highest BCUT2D eigenvalue weighted by Gasteiger charge is 2.11. The van der Waals surface area contributed by atoms with Crippen LogP contribution in [0.1, 0.15) is 18.9 Å². The predicted octanol–water partition coefficient (Wildman–Crippen LogP) is 3.34. The lowest BCUT2D eigenvalue weighted by molar-refractivity contribution is -0.126. The molecule has 0 unspecified atom stereocenters. The molecule has 8 nitrogen and oxygen atoms in total.